The lowest BCUT2D eigenvalue weighted by atomic mass is 9.87. The largest absolute Gasteiger partial charge is 0.306 e. The number of piperidine rings is 2. The number of rotatable bonds is 1. The van der Waals surface area contributed by atoms with Crippen LogP contribution in [0.3, 0.4) is 0 Å². The zero-order valence-electron chi connectivity index (χ0n) is 14.4. The normalized spacial score (nSPS) is 22.3. The Bertz CT molecular complexity index is 178. The minimum absolute atomic E-state index is 0.897. The van der Waals surface area contributed by atoms with Gasteiger partial charge in [-0.2, -0.15) is 0 Å². The number of nitrogens with zero attached hydrogens (tertiary/aromatic N) is 2. The maximum Gasteiger partial charge on any atom is -0.00190 e. The zero-order chi connectivity index (χ0) is 14.7. The van der Waals surface area contributed by atoms with Crippen LogP contribution in [0.5, 0.6) is 0 Å². The number of likely N-dealkylation sites (tertiary alicyclic amines) is 2. The van der Waals surface area contributed by atoms with E-state index in [-0.39, 0.29) is 0 Å². The van der Waals surface area contributed by atoms with Crippen molar-refractivity contribution in [3.05, 3.63) is 0 Å². The lowest BCUT2D eigenvalue weighted by Crippen LogP contribution is -2.32. The van der Waals surface area contributed by atoms with Crippen molar-refractivity contribution >= 4 is 0 Å². The molecule has 0 amide bonds. The second-order valence-electron chi connectivity index (χ2n) is 6.25. The molecule has 0 aromatic heterocycles. The van der Waals surface area contributed by atoms with Crippen molar-refractivity contribution in [3.63, 3.8) is 0 Å². The van der Waals surface area contributed by atoms with Gasteiger partial charge in [0.15, 0.2) is 0 Å². The summed E-state index contributed by atoms with van der Waals surface area (Å²) >= 11 is 0. The summed E-state index contributed by atoms with van der Waals surface area (Å²) in [6.07, 6.45) is 7.10. The molecular formula is C17H38N2. The molecule has 0 aromatic rings. The summed E-state index contributed by atoms with van der Waals surface area (Å²) in [7, 11) is 4.41. The molecule has 0 radical (unpaired) electrons. The van der Waals surface area contributed by atoms with E-state index in [2.05, 4.69) is 37.7 Å². The van der Waals surface area contributed by atoms with Crippen molar-refractivity contribution in [2.24, 2.45) is 11.8 Å². The van der Waals surface area contributed by atoms with E-state index in [0.717, 1.165) is 11.8 Å². The summed E-state index contributed by atoms with van der Waals surface area (Å²) in [4.78, 5) is 4.82. The Morgan fingerprint density at radius 2 is 1.16 bits per heavy atom. The molecule has 2 aliphatic heterocycles. The highest BCUT2D eigenvalue weighted by molar-refractivity contribution is 4.71. The Hall–Kier alpha value is -0.0800. The summed E-state index contributed by atoms with van der Waals surface area (Å²) in [6, 6.07) is 0. The molecule has 0 aliphatic carbocycles. The molecule has 0 bridgehead atoms. The Kier molecular flexibility index (Phi) is 11.7. The first-order chi connectivity index (χ1) is 9.09. The maximum absolute atomic E-state index is 2.43. The van der Waals surface area contributed by atoms with Crippen LogP contribution in [-0.4, -0.2) is 50.1 Å². The van der Waals surface area contributed by atoms with Gasteiger partial charge in [-0.05, 0) is 77.8 Å². The van der Waals surface area contributed by atoms with Crippen molar-refractivity contribution in [1.29, 1.82) is 0 Å². The maximum atomic E-state index is 2.43. The van der Waals surface area contributed by atoms with Crippen molar-refractivity contribution in [3.8, 4) is 0 Å². The standard InChI is InChI=1S/C9H19N.C6H13N.C2H6/c1-8(2)9-4-6-10(3)7-5-9;1-7-5-3-2-4-6-7;1-2/h8-9H,4-7H2,1-3H3;2-6H2,1H3;1-2H3. The van der Waals surface area contributed by atoms with Gasteiger partial charge in [-0.3, -0.25) is 0 Å². The molecule has 2 saturated heterocycles. The molecule has 2 fully saturated rings. The fraction of sp³-hybridized carbons (Fsp3) is 1.00. The Labute approximate surface area is 122 Å². The first-order valence-corrected chi connectivity index (χ1v) is 8.46. The van der Waals surface area contributed by atoms with Crippen LogP contribution in [0.4, 0.5) is 0 Å². The van der Waals surface area contributed by atoms with Gasteiger partial charge in [-0.1, -0.05) is 34.1 Å². The van der Waals surface area contributed by atoms with E-state index in [4.69, 9.17) is 0 Å². The lowest BCUT2D eigenvalue weighted by Gasteiger charge is -2.31. The summed E-state index contributed by atoms with van der Waals surface area (Å²) in [5.41, 5.74) is 0. The van der Waals surface area contributed by atoms with Gasteiger partial charge in [0.25, 0.3) is 0 Å². The minimum Gasteiger partial charge on any atom is -0.306 e. The average Bonchev–Trinajstić information content (AvgIpc) is 2.43. The topological polar surface area (TPSA) is 6.48 Å². The molecule has 19 heavy (non-hydrogen) atoms. The van der Waals surface area contributed by atoms with Crippen LogP contribution in [-0.2, 0) is 0 Å². The molecule has 2 heteroatoms. The molecule has 0 aromatic carbocycles. The Morgan fingerprint density at radius 3 is 1.47 bits per heavy atom. The molecule has 116 valence electrons. The summed E-state index contributed by atoms with van der Waals surface area (Å²) in [5, 5.41) is 0. The first-order valence-electron chi connectivity index (χ1n) is 8.46. The number of hydrogen-bond donors (Lipinski definition) is 0. The molecule has 2 nitrogen and oxygen atoms in total. The minimum atomic E-state index is 0.897. The highest BCUT2D eigenvalue weighted by Crippen LogP contribution is 2.23. The molecule has 0 N–H and O–H groups in total. The fourth-order valence-corrected chi connectivity index (χ4v) is 2.75. The van der Waals surface area contributed by atoms with E-state index in [9.17, 15) is 0 Å². The summed E-state index contributed by atoms with van der Waals surface area (Å²) < 4.78 is 0. The third kappa shape index (κ3) is 9.45. The summed E-state index contributed by atoms with van der Waals surface area (Å²) in [5.74, 6) is 1.89. The highest BCUT2D eigenvalue weighted by atomic mass is 15.1. The third-order valence-corrected chi connectivity index (χ3v) is 4.29. The molecule has 2 aliphatic rings. The molecule has 2 rings (SSSR count). The zero-order valence-corrected chi connectivity index (χ0v) is 14.4. The SMILES string of the molecule is CC.CC(C)C1CCN(C)CC1.CN1CCCCC1. The Balaban J connectivity index is 0.000000316. The van der Waals surface area contributed by atoms with E-state index >= 15 is 0 Å². The van der Waals surface area contributed by atoms with Crippen LogP contribution in [0.25, 0.3) is 0 Å². The van der Waals surface area contributed by atoms with E-state index in [0.29, 0.717) is 0 Å². The van der Waals surface area contributed by atoms with Gasteiger partial charge < -0.3 is 9.80 Å². The van der Waals surface area contributed by atoms with Gasteiger partial charge in [0, 0.05) is 0 Å². The van der Waals surface area contributed by atoms with Crippen molar-refractivity contribution in [1.82, 2.24) is 9.80 Å². The van der Waals surface area contributed by atoms with Gasteiger partial charge in [0.05, 0.1) is 0 Å². The van der Waals surface area contributed by atoms with Crippen LogP contribution in [0.15, 0.2) is 0 Å². The predicted octanol–water partition coefficient (Wildman–Crippen LogP) is 4.11. The van der Waals surface area contributed by atoms with Crippen LogP contribution in [0, 0.1) is 11.8 Å². The van der Waals surface area contributed by atoms with E-state index in [1.807, 2.05) is 13.8 Å². The molecule has 2 heterocycles. The molecule has 0 atom stereocenters. The molecule has 0 unspecified atom stereocenters. The van der Waals surface area contributed by atoms with Crippen molar-refractivity contribution in [2.45, 2.75) is 59.8 Å². The molecule has 0 saturated carbocycles. The van der Waals surface area contributed by atoms with Crippen LogP contribution in [0.2, 0.25) is 0 Å². The fourth-order valence-electron chi connectivity index (χ4n) is 2.75. The van der Waals surface area contributed by atoms with Crippen LogP contribution in [0.1, 0.15) is 59.8 Å². The smallest absolute Gasteiger partial charge is 0.00190 e. The predicted molar refractivity (Wildman–Crippen MR) is 87.8 cm³/mol. The lowest BCUT2D eigenvalue weighted by molar-refractivity contribution is 0.185. The van der Waals surface area contributed by atoms with Gasteiger partial charge in [-0.25, -0.2) is 0 Å². The molecule has 0 spiro atoms. The van der Waals surface area contributed by atoms with Gasteiger partial charge in [0.1, 0.15) is 0 Å². The highest BCUT2D eigenvalue weighted by Gasteiger charge is 2.18. The van der Waals surface area contributed by atoms with Gasteiger partial charge in [-0.15, -0.1) is 0 Å². The third-order valence-electron chi connectivity index (χ3n) is 4.29. The second-order valence-corrected chi connectivity index (χ2v) is 6.25. The monoisotopic (exact) mass is 270 g/mol. The van der Waals surface area contributed by atoms with Crippen LogP contribution < -0.4 is 0 Å². The Morgan fingerprint density at radius 1 is 0.737 bits per heavy atom. The van der Waals surface area contributed by atoms with E-state index in [1.54, 1.807) is 0 Å². The molecular weight excluding hydrogens is 232 g/mol. The number of hydrogen-bond acceptors (Lipinski definition) is 2. The quantitative estimate of drug-likeness (QED) is 0.707. The van der Waals surface area contributed by atoms with Crippen LogP contribution >= 0.6 is 0 Å². The van der Waals surface area contributed by atoms with E-state index in [1.165, 1.54) is 58.3 Å². The van der Waals surface area contributed by atoms with E-state index < -0.39 is 0 Å². The first kappa shape index (κ1) is 18.9. The van der Waals surface area contributed by atoms with Gasteiger partial charge in [0.2, 0.25) is 0 Å². The van der Waals surface area contributed by atoms with Gasteiger partial charge >= 0.3 is 0 Å². The second kappa shape index (κ2) is 11.7. The van der Waals surface area contributed by atoms with Crippen molar-refractivity contribution < 1.29 is 0 Å². The summed E-state index contributed by atoms with van der Waals surface area (Å²) in [6.45, 7) is 13.9. The average molecular weight is 271 g/mol. The van der Waals surface area contributed by atoms with Crippen molar-refractivity contribution in [2.75, 3.05) is 40.3 Å².